The van der Waals surface area contributed by atoms with Crippen molar-refractivity contribution in [2.75, 3.05) is 27.3 Å². The lowest BCUT2D eigenvalue weighted by Gasteiger charge is -2.24. The van der Waals surface area contributed by atoms with Crippen LogP contribution in [-0.2, 0) is 17.8 Å². The Morgan fingerprint density at radius 2 is 1.61 bits per heavy atom. The Balaban J connectivity index is 1.27. The third-order valence-electron chi connectivity index (χ3n) is 10.3. The Morgan fingerprint density at radius 3 is 2.22 bits per heavy atom. The average Bonchev–Trinajstić information content (AvgIpc) is 3.57. The van der Waals surface area contributed by atoms with Gasteiger partial charge in [0.25, 0.3) is 5.91 Å². The van der Waals surface area contributed by atoms with Crippen molar-refractivity contribution in [2.24, 2.45) is 11.8 Å². The van der Waals surface area contributed by atoms with Crippen LogP contribution in [0.1, 0.15) is 59.7 Å². The fraction of sp³-hybridized carbons (Fsp3) is 0.400. The zero-order chi connectivity index (χ0) is 34.9. The number of methoxy groups -OCH3 is 2. The molecule has 1 unspecified atom stereocenters. The lowest BCUT2D eigenvalue weighted by atomic mass is 9.91. The zero-order valence-electron chi connectivity index (χ0n) is 28.5. The number of alkyl halides is 1. The van der Waals surface area contributed by atoms with Crippen LogP contribution in [0, 0.1) is 24.6 Å². The number of hydrogen-bond donors (Lipinski definition) is 2. The number of nitrogens with zero attached hydrogens (tertiary/aromatic N) is 1. The van der Waals surface area contributed by atoms with Crippen molar-refractivity contribution in [3.05, 3.63) is 94.8 Å². The van der Waals surface area contributed by atoms with E-state index in [2.05, 4.69) is 17.1 Å². The van der Waals surface area contributed by atoms with E-state index in [-0.39, 0.29) is 12.0 Å². The highest BCUT2D eigenvalue weighted by atomic mass is 19.1. The first-order valence-corrected chi connectivity index (χ1v) is 17.0. The lowest BCUT2D eigenvalue weighted by molar-refractivity contribution is -0.139. The summed E-state index contributed by atoms with van der Waals surface area (Å²) in [4.78, 5) is 27.8. The summed E-state index contributed by atoms with van der Waals surface area (Å²) in [6, 6.07) is 18.5. The van der Waals surface area contributed by atoms with Gasteiger partial charge in [-0.15, -0.1) is 0 Å². The summed E-state index contributed by atoms with van der Waals surface area (Å²) < 4.78 is 41.7. The Bertz CT molecular complexity index is 1820. The molecule has 258 valence electrons. The van der Waals surface area contributed by atoms with Gasteiger partial charge in [0.15, 0.2) is 0 Å². The number of fused-ring (bicyclic) bond motifs is 2. The topological polar surface area (TPSA) is 88.1 Å². The van der Waals surface area contributed by atoms with Gasteiger partial charge in [0, 0.05) is 26.1 Å². The number of carboxylic acids is 1. The molecule has 2 aliphatic rings. The molecule has 1 saturated carbocycles. The van der Waals surface area contributed by atoms with E-state index in [1.54, 1.807) is 27.2 Å². The summed E-state index contributed by atoms with van der Waals surface area (Å²) in [6.07, 6.45) is 2.82. The number of aryl methyl sites for hydroxylation is 1. The van der Waals surface area contributed by atoms with Gasteiger partial charge in [0.1, 0.15) is 29.0 Å². The number of likely N-dealkylation sites (tertiary alicyclic amines) is 1. The van der Waals surface area contributed by atoms with Crippen LogP contribution in [0.3, 0.4) is 0 Å². The number of amides is 1. The highest BCUT2D eigenvalue weighted by Gasteiger charge is 2.48. The smallest absolute Gasteiger partial charge is 0.326 e. The van der Waals surface area contributed by atoms with Gasteiger partial charge in [0.05, 0.1) is 25.3 Å². The molecular weight excluding hydrogens is 626 g/mol. The van der Waals surface area contributed by atoms with Crippen molar-refractivity contribution < 1.29 is 33.0 Å². The normalized spacial score (nSPS) is 21.0. The molecule has 0 spiro atoms. The van der Waals surface area contributed by atoms with Crippen LogP contribution < -0.4 is 14.8 Å². The first-order chi connectivity index (χ1) is 23.5. The number of carbonyl (C=O) groups is 2. The van der Waals surface area contributed by atoms with Crippen LogP contribution in [0.15, 0.2) is 66.7 Å². The Hall–Kier alpha value is -4.50. The standard InChI is InChI=1S/C40H44F2N2O5/c1-5-15-40(42)19-27-22-44(23-28(27)20-40)21-25-16-34(48-3)37(35(17-25)49-4)31-13-8-11-29-26(10-7-12-30(29)31)18-33(39(46)47)43-38(45)36-24(2)9-6-14-32(36)41/h6-14,16-17,27-28,33H,5,15,18-23H2,1-4H3,(H,43,45)(H,46,47)/t27-,28+,33-,40?/m0/s1. The molecule has 4 aromatic rings. The first-order valence-electron chi connectivity index (χ1n) is 17.0. The number of carbonyl (C=O) groups excluding carboxylic acids is 1. The van der Waals surface area contributed by atoms with Crippen molar-refractivity contribution in [3.8, 4) is 22.6 Å². The number of rotatable bonds is 12. The van der Waals surface area contributed by atoms with Crippen LogP contribution in [0.4, 0.5) is 8.78 Å². The van der Waals surface area contributed by atoms with E-state index >= 15 is 4.39 Å². The summed E-state index contributed by atoms with van der Waals surface area (Å²) in [5.74, 6) is -0.627. The third-order valence-corrected chi connectivity index (χ3v) is 10.3. The fourth-order valence-corrected chi connectivity index (χ4v) is 8.22. The summed E-state index contributed by atoms with van der Waals surface area (Å²) in [6.45, 7) is 6.14. The van der Waals surface area contributed by atoms with Gasteiger partial charge in [-0.3, -0.25) is 9.69 Å². The molecule has 0 bridgehead atoms. The molecule has 49 heavy (non-hydrogen) atoms. The van der Waals surface area contributed by atoms with E-state index in [1.807, 2.05) is 48.5 Å². The first kappa shape index (κ1) is 34.4. The molecule has 1 heterocycles. The third kappa shape index (κ3) is 6.99. The maximum atomic E-state index is 15.3. The largest absolute Gasteiger partial charge is 0.496 e. The second kappa shape index (κ2) is 14.2. The van der Waals surface area contributed by atoms with Crippen molar-refractivity contribution in [2.45, 2.75) is 64.2 Å². The summed E-state index contributed by atoms with van der Waals surface area (Å²) in [7, 11) is 3.26. The molecule has 4 aromatic carbocycles. The van der Waals surface area contributed by atoms with Crippen LogP contribution in [0.5, 0.6) is 11.5 Å². The predicted octanol–water partition coefficient (Wildman–Crippen LogP) is 7.75. The van der Waals surface area contributed by atoms with E-state index in [0.717, 1.165) is 47.0 Å². The van der Waals surface area contributed by atoms with Crippen molar-refractivity contribution in [1.29, 1.82) is 0 Å². The number of ether oxygens (including phenoxy) is 2. The van der Waals surface area contributed by atoms with E-state index in [4.69, 9.17) is 9.47 Å². The average molecular weight is 671 g/mol. The van der Waals surface area contributed by atoms with E-state index in [0.29, 0.717) is 60.3 Å². The Morgan fingerprint density at radius 1 is 0.980 bits per heavy atom. The lowest BCUT2D eigenvalue weighted by Crippen LogP contribution is -2.42. The number of aliphatic carboxylic acids is 1. The molecule has 2 fully saturated rings. The second-order valence-electron chi connectivity index (χ2n) is 13.7. The minimum absolute atomic E-state index is 0.0115. The van der Waals surface area contributed by atoms with Crippen LogP contribution in [0.25, 0.3) is 21.9 Å². The molecule has 4 atom stereocenters. The fourth-order valence-electron chi connectivity index (χ4n) is 8.22. The van der Waals surface area contributed by atoms with Gasteiger partial charge >= 0.3 is 5.97 Å². The number of benzene rings is 4. The molecule has 0 radical (unpaired) electrons. The minimum Gasteiger partial charge on any atom is -0.496 e. The van der Waals surface area contributed by atoms with E-state index in [1.165, 1.54) is 12.1 Å². The SMILES string of the molecule is CCCC1(F)C[C@H]2CN(Cc3cc(OC)c(-c4cccc5c(C[C@H](NC(=O)c6c(C)cccc6F)C(=O)O)cccc45)c(OC)c3)C[C@H]2C1. The minimum atomic E-state index is -1.29. The number of hydrogen-bond acceptors (Lipinski definition) is 5. The van der Waals surface area contributed by atoms with Crippen molar-refractivity contribution >= 4 is 22.6 Å². The zero-order valence-corrected chi connectivity index (χ0v) is 28.5. The Labute approximate surface area is 286 Å². The molecule has 6 rings (SSSR count). The molecule has 1 aliphatic heterocycles. The summed E-state index contributed by atoms with van der Waals surface area (Å²) >= 11 is 0. The molecule has 9 heteroatoms. The molecule has 1 amide bonds. The van der Waals surface area contributed by atoms with Crippen LogP contribution in [-0.4, -0.2) is 60.9 Å². The number of carboxylic acid groups (broad SMARTS) is 1. The number of nitrogens with one attached hydrogen (secondary N) is 1. The van der Waals surface area contributed by atoms with Crippen LogP contribution >= 0.6 is 0 Å². The maximum Gasteiger partial charge on any atom is 0.326 e. The van der Waals surface area contributed by atoms with Gasteiger partial charge in [-0.1, -0.05) is 61.9 Å². The monoisotopic (exact) mass is 670 g/mol. The number of halogens is 2. The molecule has 1 aliphatic carbocycles. The van der Waals surface area contributed by atoms with Gasteiger partial charge < -0.3 is 19.9 Å². The quantitative estimate of drug-likeness (QED) is 0.160. The summed E-state index contributed by atoms with van der Waals surface area (Å²) in [5.41, 5.74) is 2.62. The molecular formula is C40H44F2N2O5. The Kier molecular flexibility index (Phi) is 9.93. The predicted molar refractivity (Wildman–Crippen MR) is 186 cm³/mol. The van der Waals surface area contributed by atoms with Crippen molar-refractivity contribution in [1.82, 2.24) is 10.2 Å². The van der Waals surface area contributed by atoms with Gasteiger partial charge in [-0.2, -0.15) is 0 Å². The molecule has 1 saturated heterocycles. The summed E-state index contributed by atoms with van der Waals surface area (Å²) in [5, 5.41) is 14.3. The second-order valence-corrected chi connectivity index (χ2v) is 13.7. The highest BCUT2D eigenvalue weighted by molar-refractivity contribution is 6.02. The molecule has 2 N–H and O–H groups in total. The van der Waals surface area contributed by atoms with Crippen LogP contribution in [0.2, 0.25) is 0 Å². The van der Waals surface area contributed by atoms with E-state index in [9.17, 15) is 19.1 Å². The van der Waals surface area contributed by atoms with Gasteiger partial charge in [-0.25, -0.2) is 13.6 Å². The van der Waals surface area contributed by atoms with Crippen molar-refractivity contribution in [3.63, 3.8) is 0 Å². The molecule has 0 aromatic heterocycles. The highest BCUT2D eigenvalue weighted by Crippen LogP contribution is 2.49. The molecule has 7 nitrogen and oxygen atoms in total. The van der Waals surface area contributed by atoms with Gasteiger partial charge in [0.2, 0.25) is 0 Å². The van der Waals surface area contributed by atoms with E-state index < -0.39 is 29.4 Å². The van der Waals surface area contributed by atoms with Gasteiger partial charge in [-0.05, 0) is 89.2 Å². The maximum absolute atomic E-state index is 15.3.